The normalized spacial score (nSPS) is 11.0. The van der Waals surface area contributed by atoms with Crippen LogP contribution < -0.4 is 15.2 Å². The molecule has 0 bridgehead atoms. The second-order valence-corrected chi connectivity index (χ2v) is 8.44. The van der Waals surface area contributed by atoms with Crippen LogP contribution in [0.4, 0.5) is 0 Å². The lowest BCUT2D eigenvalue weighted by Crippen LogP contribution is -2.16. The molecule has 0 unspecified atom stereocenters. The number of nitrogens with two attached hydrogens (primary N) is 1. The van der Waals surface area contributed by atoms with Crippen molar-refractivity contribution in [2.75, 3.05) is 6.61 Å². The van der Waals surface area contributed by atoms with Crippen LogP contribution >= 0.6 is 11.6 Å². The number of amides is 1. The zero-order valence-electron chi connectivity index (χ0n) is 18.5. The number of Topliss-reactive ketones (excluding diaryl/α,β-unsaturated/α-hetero) is 1. The van der Waals surface area contributed by atoms with E-state index >= 15 is 0 Å². The summed E-state index contributed by atoms with van der Waals surface area (Å²) in [5.41, 5.74) is 7.27. The first kappa shape index (κ1) is 22.4. The lowest BCUT2D eigenvalue weighted by atomic mass is 10.0. The van der Waals surface area contributed by atoms with Gasteiger partial charge in [0.1, 0.15) is 17.2 Å². The summed E-state index contributed by atoms with van der Waals surface area (Å²) in [7, 11) is 0. The molecule has 2 aromatic heterocycles. The quantitative estimate of drug-likeness (QED) is 0.284. The number of aromatic amines is 1. The molecule has 7 nitrogen and oxygen atoms in total. The number of primary amides is 1. The van der Waals surface area contributed by atoms with Crippen LogP contribution in [-0.4, -0.2) is 28.3 Å². The van der Waals surface area contributed by atoms with Crippen LogP contribution in [0.1, 0.15) is 15.9 Å². The summed E-state index contributed by atoms with van der Waals surface area (Å²) in [6, 6.07) is 18.0. The Morgan fingerprint density at radius 2 is 1.89 bits per heavy atom. The van der Waals surface area contributed by atoms with Gasteiger partial charge >= 0.3 is 0 Å². The molecule has 0 aliphatic heterocycles. The van der Waals surface area contributed by atoms with Crippen molar-refractivity contribution in [2.24, 2.45) is 5.73 Å². The van der Waals surface area contributed by atoms with Gasteiger partial charge in [-0.05, 0) is 59.3 Å². The summed E-state index contributed by atoms with van der Waals surface area (Å²) in [4.78, 5) is 31.8. The molecular formula is C27H20ClN3O4. The number of carbonyl (C=O) groups excluding carboxylic acids is 2. The van der Waals surface area contributed by atoms with Crippen LogP contribution in [0, 0.1) is 0 Å². The highest BCUT2D eigenvalue weighted by molar-refractivity contribution is 6.31. The number of carbonyl (C=O) groups is 2. The molecular weight excluding hydrogens is 466 g/mol. The molecule has 0 aliphatic carbocycles. The van der Waals surface area contributed by atoms with Crippen molar-refractivity contribution in [3.63, 3.8) is 0 Å². The lowest BCUT2D eigenvalue weighted by molar-refractivity contribution is -0.117. The summed E-state index contributed by atoms with van der Waals surface area (Å²) >= 11 is 6.09. The Kier molecular flexibility index (Phi) is 6.08. The summed E-state index contributed by atoms with van der Waals surface area (Å²) < 4.78 is 11.7. The number of benzene rings is 3. The minimum atomic E-state index is -0.497. The lowest BCUT2D eigenvalue weighted by Gasteiger charge is -2.12. The van der Waals surface area contributed by atoms with E-state index in [0.29, 0.717) is 33.4 Å². The fraction of sp³-hybridized carbons (Fsp3) is 0.0741. The van der Waals surface area contributed by atoms with Crippen molar-refractivity contribution in [1.82, 2.24) is 9.97 Å². The number of halogens is 1. The molecule has 0 saturated heterocycles. The highest BCUT2D eigenvalue weighted by atomic mass is 35.5. The third-order valence-corrected chi connectivity index (χ3v) is 5.76. The molecule has 5 aromatic rings. The zero-order chi connectivity index (χ0) is 24.4. The Labute approximate surface area is 205 Å². The summed E-state index contributed by atoms with van der Waals surface area (Å²) in [5.74, 6) is 0.961. The van der Waals surface area contributed by atoms with E-state index in [-0.39, 0.29) is 18.8 Å². The van der Waals surface area contributed by atoms with Gasteiger partial charge in [0, 0.05) is 45.5 Å². The van der Waals surface area contributed by atoms with Gasteiger partial charge in [0.2, 0.25) is 11.7 Å². The molecule has 0 saturated carbocycles. The van der Waals surface area contributed by atoms with E-state index in [1.807, 2.05) is 24.3 Å². The molecule has 35 heavy (non-hydrogen) atoms. The number of ether oxygens (including phenoxy) is 2. The Hall–Kier alpha value is -4.36. The fourth-order valence-electron chi connectivity index (χ4n) is 3.92. The Morgan fingerprint density at radius 3 is 2.69 bits per heavy atom. The maximum absolute atomic E-state index is 13.0. The number of fused-ring (bicyclic) bond motifs is 2. The van der Waals surface area contributed by atoms with Gasteiger partial charge in [0.05, 0.1) is 12.6 Å². The van der Waals surface area contributed by atoms with Gasteiger partial charge in [0.25, 0.3) is 0 Å². The maximum atomic E-state index is 13.0. The minimum Gasteiger partial charge on any atom is -0.485 e. The van der Waals surface area contributed by atoms with E-state index in [0.717, 1.165) is 21.7 Å². The number of pyridine rings is 1. The number of nitrogens with one attached hydrogen (secondary N) is 1. The first-order valence-electron chi connectivity index (χ1n) is 10.8. The SMILES string of the molecule is NC(=O)Cc1cc2cc(Cl)ccc2cc1OCC(=O)c1c[nH]c2cc(Oc3cccnc3)ccc12. The average Bonchev–Trinajstić information content (AvgIpc) is 3.26. The van der Waals surface area contributed by atoms with Crippen molar-refractivity contribution < 1.29 is 19.1 Å². The molecule has 3 N–H and O–H groups in total. The first-order valence-corrected chi connectivity index (χ1v) is 11.2. The monoisotopic (exact) mass is 485 g/mol. The van der Waals surface area contributed by atoms with Crippen LogP contribution in [0.15, 0.2) is 79.3 Å². The van der Waals surface area contributed by atoms with Crippen LogP contribution in [0.2, 0.25) is 5.02 Å². The van der Waals surface area contributed by atoms with Gasteiger partial charge in [-0.1, -0.05) is 17.7 Å². The topological polar surface area (TPSA) is 107 Å². The van der Waals surface area contributed by atoms with Crippen molar-refractivity contribution in [2.45, 2.75) is 6.42 Å². The van der Waals surface area contributed by atoms with E-state index in [1.165, 1.54) is 0 Å². The molecule has 8 heteroatoms. The van der Waals surface area contributed by atoms with E-state index in [2.05, 4.69) is 9.97 Å². The predicted octanol–water partition coefficient (Wildman–Crippen LogP) is 5.45. The molecule has 0 fully saturated rings. The Morgan fingerprint density at radius 1 is 1.00 bits per heavy atom. The van der Waals surface area contributed by atoms with Gasteiger partial charge in [-0.3, -0.25) is 14.6 Å². The average molecular weight is 486 g/mol. The number of ketones is 1. The first-order chi connectivity index (χ1) is 17.0. The van der Waals surface area contributed by atoms with E-state index in [9.17, 15) is 9.59 Å². The zero-order valence-corrected chi connectivity index (χ0v) is 19.2. The molecule has 0 spiro atoms. The molecule has 2 heterocycles. The Bertz CT molecular complexity index is 1560. The number of aromatic nitrogens is 2. The molecule has 0 atom stereocenters. The Balaban J connectivity index is 1.36. The molecule has 0 aliphatic rings. The van der Waals surface area contributed by atoms with Crippen LogP contribution in [0.5, 0.6) is 17.2 Å². The van der Waals surface area contributed by atoms with E-state index < -0.39 is 5.91 Å². The number of nitrogens with zero attached hydrogens (tertiary/aromatic N) is 1. The van der Waals surface area contributed by atoms with Gasteiger partial charge < -0.3 is 20.2 Å². The van der Waals surface area contributed by atoms with Crippen LogP contribution in [-0.2, 0) is 11.2 Å². The second-order valence-electron chi connectivity index (χ2n) is 8.01. The maximum Gasteiger partial charge on any atom is 0.221 e. The van der Waals surface area contributed by atoms with Crippen molar-refractivity contribution in [3.05, 3.63) is 95.4 Å². The predicted molar refractivity (Wildman–Crippen MR) is 134 cm³/mol. The number of hydrogen-bond acceptors (Lipinski definition) is 5. The molecule has 5 rings (SSSR count). The van der Waals surface area contributed by atoms with Gasteiger partial charge in [-0.2, -0.15) is 0 Å². The van der Waals surface area contributed by atoms with E-state index in [1.54, 1.807) is 55.0 Å². The number of H-pyrrole nitrogens is 1. The van der Waals surface area contributed by atoms with Gasteiger partial charge in [-0.15, -0.1) is 0 Å². The minimum absolute atomic E-state index is 0.0151. The highest BCUT2D eigenvalue weighted by Gasteiger charge is 2.16. The molecule has 1 amide bonds. The second kappa shape index (κ2) is 9.48. The van der Waals surface area contributed by atoms with Gasteiger partial charge in [0.15, 0.2) is 6.61 Å². The summed E-state index contributed by atoms with van der Waals surface area (Å²) in [6.45, 7) is -0.203. The molecule has 174 valence electrons. The smallest absolute Gasteiger partial charge is 0.221 e. The molecule has 0 radical (unpaired) electrons. The number of rotatable bonds is 8. The van der Waals surface area contributed by atoms with E-state index in [4.69, 9.17) is 26.8 Å². The highest BCUT2D eigenvalue weighted by Crippen LogP contribution is 2.30. The van der Waals surface area contributed by atoms with Gasteiger partial charge in [-0.25, -0.2) is 0 Å². The van der Waals surface area contributed by atoms with Crippen molar-refractivity contribution >= 4 is 45.0 Å². The van der Waals surface area contributed by atoms with Crippen LogP contribution in [0.3, 0.4) is 0 Å². The van der Waals surface area contributed by atoms with Crippen LogP contribution in [0.25, 0.3) is 21.7 Å². The third-order valence-electron chi connectivity index (χ3n) is 5.53. The standard InChI is InChI=1S/C27H20ClN3O4/c28-19-4-3-16-10-26(18(11-27(29)33)8-17(16)9-19)34-15-25(32)23-14-31-24-12-20(5-6-22(23)24)35-21-2-1-7-30-13-21/h1-10,12-14,31H,11,15H2,(H2,29,33). The van der Waals surface area contributed by atoms with Crippen molar-refractivity contribution in [3.8, 4) is 17.2 Å². The largest absolute Gasteiger partial charge is 0.485 e. The third kappa shape index (κ3) is 4.95. The van der Waals surface area contributed by atoms with Crippen molar-refractivity contribution in [1.29, 1.82) is 0 Å². The summed E-state index contributed by atoms with van der Waals surface area (Å²) in [6.07, 6.45) is 4.93. The summed E-state index contributed by atoms with van der Waals surface area (Å²) in [5, 5.41) is 3.06. The molecule has 3 aromatic carbocycles. The number of hydrogen-bond donors (Lipinski definition) is 2. The fourth-order valence-corrected chi connectivity index (χ4v) is 4.10.